The first-order valence-corrected chi connectivity index (χ1v) is 6.92. The number of nitrogens with zero attached hydrogens (tertiary/aromatic N) is 2. The van der Waals surface area contributed by atoms with Crippen molar-refractivity contribution < 1.29 is 4.79 Å². The number of halogens is 1. The Kier molecular flexibility index (Phi) is 3.49. The molecule has 2 aromatic rings. The van der Waals surface area contributed by atoms with Crippen molar-refractivity contribution in [3.05, 3.63) is 64.7 Å². The van der Waals surface area contributed by atoms with E-state index < -0.39 is 6.17 Å². The van der Waals surface area contributed by atoms with Gasteiger partial charge in [0.05, 0.1) is 11.4 Å². The van der Waals surface area contributed by atoms with Crippen LogP contribution in [0.5, 0.6) is 0 Å². The van der Waals surface area contributed by atoms with E-state index in [0.29, 0.717) is 10.7 Å². The molecule has 1 atom stereocenters. The summed E-state index contributed by atoms with van der Waals surface area (Å²) in [5.41, 5.74) is 9.16. The van der Waals surface area contributed by atoms with Crippen LogP contribution in [-0.2, 0) is 4.79 Å². The molecule has 0 radical (unpaired) electrons. The minimum absolute atomic E-state index is 0.230. The summed E-state index contributed by atoms with van der Waals surface area (Å²) in [5, 5.41) is 0.652. The van der Waals surface area contributed by atoms with Gasteiger partial charge in [-0.15, -0.1) is 0 Å². The highest BCUT2D eigenvalue weighted by atomic mass is 35.5. The molecule has 1 heterocycles. The van der Waals surface area contributed by atoms with Gasteiger partial charge in [-0.1, -0.05) is 41.9 Å². The molecule has 21 heavy (non-hydrogen) atoms. The fraction of sp³-hybridized carbons (Fsp3) is 0.125. The molecule has 5 heteroatoms. The summed E-state index contributed by atoms with van der Waals surface area (Å²) in [4.78, 5) is 18.2. The van der Waals surface area contributed by atoms with Gasteiger partial charge in [-0.05, 0) is 18.2 Å². The lowest BCUT2D eigenvalue weighted by atomic mass is 10.0. The number of hydrogen-bond acceptors (Lipinski definition) is 3. The number of likely N-dealkylation sites (N-methyl/N-ethyl adjacent to an activating group) is 1. The van der Waals surface area contributed by atoms with Crippen molar-refractivity contribution in [3.8, 4) is 0 Å². The van der Waals surface area contributed by atoms with Crippen LogP contribution >= 0.6 is 11.6 Å². The maximum absolute atomic E-state index is 12.2. The van der Waals surface area contributed by atoms with E-state index in [2.05, 4.69) is 4.99 Å². The molecule has 1 aliphatic rings. The standard InChI is InChI=1S/C16H14ClN3O/c1-20-13-5-3-2-4-12(13)14(19-15(18)16(20)21)10-6-8-11(17)9-7-10/h2-9,15H,18H2,1H3/t15-/m0/s1. The second-order valence-corrected chi connectivity index (χ2v) is 5.28. The van der Waals surface area contributed by atoms with Crippen molar-refractivity contribution in [1.29, 1.82) is 0 Å². The van der Waals surface area contributed by atoms with Gasteiger partial charge in [0.15, 0.2) is 6.17 Å². The summed E-state index contributed by atoms with van der Waals surface area (Å²) >= 11 is 5.93. The van der Waals surface area contributed by atoms with Crippen molar-refractivity contribution in [2.75, 3.05) is 11.9 Å². The highest BCUT2D eigenvalue weighted by Crippen LogP contribution is 2.27. The van der Waals surface area contributed by atoms with Crippen LogP contribution in [0.15, 0.2) is 53.5 Å². The zero-order valence-electron chi connectivity index (χ0n) is 11.5. The van der Waals surface area contributed by atoms with Gasteiger partial charge in [-0.3, -0.25) is 9.79 Å². The van der Waals surface area contributed by atoms with Crippen LogP contribution in [0.3, 0.4) is 0 Å². The maximum atomic E-state index is 12.2. The summed E-state index contributed by atoms with van der Waals surface area (Å²) in [5.74, 6) is -0.230. The van der Waals surface area contributed by atoms with E-state index in [0.717, 1.165) is 16.8 Å². The van der Waals surface area contributed by atoms with Crippen LogP contribution in [0.2, 0.25) is 5.02 Å². The molecule has 0 unspecified atom stereocenters. The van der Waals surface area contributed by atoms with E-state index in [1.807, 2.05) is 36.4 Å². The zero-order chi connectivity index (χ0) is 15.0. The number of rotatable bonds is 1. The van der Waals surface area contributed by atoms with Gasteiger partial charge >= 0.3 is 0 Å². The molecule has 0 bridgehead atoms. The minimum Gasteiger partial charge on any atom is -0.312 e. The van der Waals surface area contributed by atoms with Crippen molar-refractivity contribution in [2.24, 2.45) is 10.7 Å². The number of nitrogens with two attached hydrogens (primary N) is 1. The van der Waals surface area contributed by atoms with Crippen molar-refractivity contribution in [3.63, 3.8) is 0 Å². The van der Waals surface area contributed by atoms with Crippen LogP contribution < -0.4 is 10.6 Å². The number of anilines is 1. The molecule has 0 saturated carbocycles. The zero-order valence-corrected chi connectivity index (χ0v) is 12.2. The number of benzodiazepines with no additional fused rings is 1. The normalized spacial score (nSPS) is 18.0. The van der Waals surface area contributed by atoms with Gasteiger partial charge in [0.25, 0.3) is 5.91 Å². The highest BCUT2D eigenvalue weighted by Gasteiger charge is 2.27. The van der Waals surface area contributed by atoms with Gasteiger partial charge in [0.2, 0.25) is 0 Å². The number of hydrogen-bond donors (Lipinski definition) is 1. The Morgan fingerprint density at radius 2 is 1.81 bits per heavy atom. The number of fused-ring (bicyclic) bond motifs is 1. The maximum Gasteiger partial charge on any atom is 0.266 e. The first-order valence-electron chi connectivity index (χ1n) is 6.54. The van der Waals surface area contributed by atoms with Crippen LogP contribution in [-0.4, -0.2) is 24.8 Å². The highest BCUT2D eigenvalue weighted by molar-refractivity contribution is 6.30. The summed E-state index contributed by atoms with van der Waals surface area (Å²) < 4.78 is 0. The predicted octanol–water partition coefficient (Wildman–Crippen LogP) is 2.44. The van der Waals surface area contributed by atoms with Crippen LogP contribution in [0, 0.1) is 0 Å². The quantitative estimate of drug-likeness (QED) is 0.879. The number of benzene rings is 2. The molecular formula is C16H14ClN3O. The van der Waals surface area contributed by atoms with Gasteiger partial charge in [-0.2, -0.15) is 0 Å². The number of para-hydroxylation sites is 1. The Morgan fingerprint density at radius 1 is 1.14 bits per heavy atom. The first-order chi connectivity index (χ1) is 10.1. The second kappa shape index (κ2) is 5.31. The number of carbonyl (C=O) groups excluding carboxylic acids is 1. The Balaban J connectivity index is 2.22. The summed E-state index contributed by atoms with van der Waals surface area (Å²) in [6, 6.07) is 15.0. The number of amides is 1. The van der Waals surface area contributed by atoms with Crippen molar-refractivity contribution >= 4 is 28.9 Å². The fourth-order valence-electron chi connectivity index (χ4n) is 2.39. The lowest BCUT2D eigenvalue weighted by Gasteiger charge is -2.18. The lowest BCUT2D eigenvalue weighted by molar-refractivity contribution is -0.119. The molecule has 0 aliphatic carbocycles. The molecule has 2 N–H and O–H groups in total. The molecule has 0 spiro atoms. The SMILES string of the molecule is CN1C(=O)[C@@H](N)N=C(c2ccc(Cl)cc2)c2ccccc21. The van der Waals surface area contributed by atoms with E-state index in [1.165, 1.54) is 0 Å². The first kappa shape index (κ1) is 13.8. The molecule has 3 rings (SSSR count). The predicted molar refractivity (Wildman–Crippen MR) is 84.9 cm³/mol. The van der Waals surface area contributed by atoms with E-state index in [4.69, 9.17) is 17.3 Å². The summed E-state index contributed by atoms with van der Waals surface area (Å²) in [7, 11) is 1.71. The average molecular weight is 300 g/mol. The number of aliphatic imine (C=N–C) groups is 1. The van der Waals surface area contributed by atoms with Crippen LogP contribution in [0.25, 0.3) is 0 Å². The number of carbonyl (C=O) groups is 1. The average Bonchev–Trinajstić information content (AvgIpc) is 2.60. The third kappa shape index (κ3) is 2.44. The van der Waals surface area contributed by atoms with Crippen LogP contribution in [0.1, 0.15) is 11.1 Å². The summed E-state index contributed by atoms with van der Waals surface area (Å²) in [6.07, 6.45) is -0.909. The van der Waals surface area contributed by atoms with Crippen molar-refractivity contribution in [2.45, 2.75) is 6.17 Å². The Bertz CT molecular complexity index is 725. The smallest absolute Gasteiger partial charge is 0.266 e. The molecule has 0 saturated heterocycles. The topological polar surface area (TPSA) is 58.7 Å². The van der Waals surface area contributed by atoms with E-state index in [9.17, 15) is 4.79 Å². The molecule has 106 valence electrons. The summed E-state index contributed by atoms with van der Waals surface area (Å²) in [6.45, 7) is 0. The lowest BCUT2D eigenvalue weighted by Crippen LogP contribution is -2.39. The van der Waals surface area contributed by atoms with E-state index in [-0.39, 0.29) is 5.91 Å². The molecule has 1 amide bonds. The minimum atomic E-state index is -0.909. The Hall–Kier alpha value is -2.17. The molecule has 0 aromatic heterocycles. The molecule has 1 aliphatic heterocycles. The fourth-order valence-corrected chi connectivity index (χ4v) is 2.51. The van der Waals surface area contributed by atoms with Gasteiger partial charge < -0.3 is 10.6 Å². The third-order valence-corrected chi connectivity index (χ3v) is 3.74. The van der Waals surface area contributed by atoms with Gasteiger partial charge in [0, 0.05) is 23.2 Å². The monoisotopic (exact) mass is 299 g/mol. The molecule has 2 aromatic carbocycles. The van der Waals surface area contributed by atoms with Crippen LogP contribution in [0.4, 0.5) is 5.69 Å². The molecular weight excluding hydrogens is 286 g/mol. The molecule has 4 nitrogen and oxygen atoms in total. The second-order valence-electron chi connectivity index (χ2n) is 4.84. The molecule has 0 fully saturated rings. The van der Waals surface area contributed by atoms with E-state index >= 15 is 0 Å². The third-order valence-electron chi connectivity index (χ3n) is 3.49. The Labute approximate surface area is 127 Å². The van der Waals surface area contributed by atoms with Gasteiger partial charge in [0.1, 0.15) is 0 Å². The van der Waals surface area contributed by atoms with E-state index in [1.54, 1.807) is 24.1 Å². The van der Waals surface area contributed by atoms with Crippen molar-refractivity contribution in [1.82, 2.24) is 0 Å². The van der Waals surface area contributed by atoms with Gasteiger partial charge in [-0.25, -0.2) is 0 Å². The largest absolute Gasteiger partial charge is 0.312 e. The Morgan fingerprint density at radius 3 is 2.52 bits per heavy atom.